The van der Waals surface area contributed by atoms with Crippen molar-refractivity contribution < 1.29 is 4.79 Å². The molecule has 0 radical (unpaired) electrons. The molecule has 0 aliphatic heterocycles. The maximum atomic E-state index is 10.5. The molecule has 0 aromatic carbocycles. The Balaban J connectivity index is 2.51. The van der Waals surface area contributed by atoms with Crippen molar-refractivity contribution in [3.05, 3.63) is 34.4 Å². The third kappa shape index (κ3) is 1.56. The van der Waals surface area contributed by atoms with Crippen molar-refractivity contribution >= 4 is 17.6 Å². The van der Waals surface area contributed by atoms with Crippen LogP contribution in [-0.2, 0) is 0 Å². The smallest absolute Gasteiger partial charge is 0.178 e. The summed E-state index contributed by atoms with van der Waals surface area (Å²) in [7, 11) is 0. The molecule has 0 bridgehead atoms. The van der Waals surface area contributed by atoms with Crippen LogP contribution >= 0.6 is 11.3 Å². The molecule has 0 unspecified atom stereocenters. The molecule has 0 aliphatic carbocycles. The van der Waals surface area contributed by atoms with Gasteiger partial charge in [0.2, 0.25) is 0 Å². The van der Waals surface area contributed by atoms with Crippen molar-refractivity contribution in [2.24, 2.45) is 0 Å². The van der Waals surface area contributed by atoms with Crippen molar-refractivity contribution in [1.82, 2.24) is 9.97 Å². The van der Waals surface area contributed by atoms with E-state index >= 15 is 0 Å². The molecule has 0 saturated carbocycles. The molecule has 3 nitrogen and oxygen atoms in total. The maximum Gasteiger partial charge on any atom is 0.178 e. The molecule has 0 N–H and O–H groups in total. The van der Waals surface area contributed by atoms with Gasteiger partial charge in [-0.25, -0.2) is 4.98 Å². The van der Waals surface area contributed by atoms with Gasteiger partial charge in [-0.05, 0) is 19.1 Å². The second-order valence-corrected chi connectivity index (χ2v) is 4.05. The van der Waals surface area contributed by atoms with Gasteiger partial charge < -0.3 is 0 Å². The average Bonchev–Trinajstić information content (AvgIpc) is 2.61. The number of nitrogens with zero attached hydrogens (tertiary/aromatic N) is 2. The molecular weight excluding hydrogens is 196 g/mol. The van der Waals surface area contributed by atoms with Crippen LogP contribution in [0.25, 0.3) is 11.3 Å². The highest BCUT2D eigenvalue weighted by Gasteiger charge is 2.08. The van der Waals surface area contributed by atoms with E-state index in [2.05, 4.69) is 9.97 Å². The average molecular weight is 204 g/mol. The standard InChI is InChI=1S/C10H8N2OS/c1-7-10(12-9(6-13)14-7)8-2-4-11-5-3-8/h2-6H,1H3. The van der Waals surface area contributed by atoms with Crippen LogP contribution in [0.5, 0.6) is 0 Å². The molecule has 0 aliphatic rings. The number of aldehydes is 1. The Labute approximate surface area is 85.5 Å². The van der Waals surface area contributed by atoms with E-state index in [1.165, 1.54) is 11.3 Å². The largest absolute Gasteiger partial charge is 0.295 e. The fourth-order valence-corrected chi connectivity index (χ4v) is 2.00. The highest BCUT2D eigenvalue weighted by Crippen LogP contribution is 2.25. The Kier molecular flexibility index (Phi) is 2.37. The topological polar surface area (TPSA) is 42.9 Å². The number of carbonyl (C=O) groups excluding carboxylic acids is 1. The number of hydrogen-bond acceptors (Lipinski definition) is 4. The van der Waals surface area contributed by atoms with E-state index in [-0.39, 0.29) is 0 Å². The summed E-state index contributed by atoms with van der Waals surface area (Å²) in [6.45, 7) is 1.96. The monoisotopic (exact) mass is 204 g/mol. The van der Waals surface area contributed by atoms with E-state index in [4.69, 9.17) is 0 Å². The molecule has 0 amide bonds. The van der Waals surface area contributed by atoms with Gasteiger partial charge in [-0.15, -0.1) is 11.3 Å². The van der Waals surface area contributed by atoms with Crippen LogP contribution in [0.3, 0.4) is 0 Å². The first kappa shape index (κ1) is 9.02. The molecule has 2 aromatic heterocycles. The Bertz CT molecular complexity index is 450. The predicted molar refractivity (Wildman–Crippen MR) is 55.5 cm³/mol. The van der Waals surface area contributed by atoms with E-state index in [1.807, 2.05) is 19.1 Å². The van der Waals surface area contributed by atoms with Crippen LogP contribution in [0.1, 0.15) is 14.7 Å². The minimum absolute atomic E-state index is 0.523. The minimum atomic E-state index is 0.523. The summed E-state index contributed by atoms with van der Waals surface area (Å²) in [5.41, 5.74) is 1.88. The number of hydrogen-bond donors (Lipinski definition) is 0. The van der Waals surface area contributed by atoms with Gasteiger partial charge in [0.05, 0.1) is 5.69 Å². The summed E-state index contributed by atoms with van der Waals surface area (Å²) in [6.07, 6.45) is 4.21. The first-order valence-electron chi connectivity index (χ1n) is 4.14. The summed E-state index contributed by atoms with van der Waals surface area (Å²) < 4.78 is 0. The fourth-order valence-electron chi connectivity index (χ4n) is 1.24. The molecule has 4 heteroatoms. The summed E-state index contributed by atoms with van der Waals surface area (Å²) in [6, 6.07) is 3.77. The van der Waals surface area contributed by atoms with Gasteiger partial charge in [0, 0.05) is 22.8 Å². The first-order valence-corrected chi connectivity index (χ1v) is 4.96. The molecule has 0 saturated heterocycles. The van der Waals surface area contributed by atoms with Crippen molar-refractivity contribution in [2.45, 2.75) is 6.92 Å². The summed E-state index contributed by atoms with van der Waals surface area (Å²) in [4.78, 5) is 19.7. The number of rotatable bonds is 2. The molecule has 14 heavy (non-hydrogen) atoms. The zero-order valence-corrected chi connectivity index (χ0v) is 8.41. The minimum Gasteiger partial charge on any atom is -0.295 e. The van der Waals surface area contributed by atoms with Crippen LogP contribution in [-0.4, -0.2) is 16.3 Å². The molecule has 0 atom stereocenters. The summed E-state index contributed by atoms with van der Waals surface area (Å²) in [5.74, 6) is 0. The van der Waals surface area contributed by atoms with E-state index in [1.54, 1.807) is 12.4 Å². The van der Waals surface area contributed by atoms with Crippen LogP contribution in [0, 0.1) is 6.92 Å². The van der Waals surface area contributed by atoms with Crippen molar-refractivity contribution in [2.75, 3.05) is 0 Å². The normalized spacial score (nSPS) is 10.1. The van der Waals surface area contributed by atoms with Crippen LogP contribution in [0.4, 0.5) is 0 Å². The Morgan fingerprint density at radius 3 is 2.64 bits per heavy atom. The Hall–Kier alpha value is -1.55. The predicted octanol–water partition coefficient (Wildman–Crippen LogP) is 2.33. The van der Waals surface area contributed by atoms with Gasteiger partial charge in [0.1, 0.15) is 0 Å². The number of carbonyl (C=O) groups is 1. The first-order chi connectivity index (χ1) is 6.81. The zero-order valence-electron chi connectivity index (χ0n) is 7.60. The van der Waals surface area contributed by atoms with E-state index in [0.29, 0.717) is 5.01 Å². The number of pyridine rings is 1. The van der Waals surface area contributed by atoms with Crippen LogP contribution < -0.4 is 0 Å². The lowest BCUT2D eigenvalue weighted by atomic mass is 10.2. The highest BCUT2D eigenvalue weighted by atomic mass is 32.1. The van der Waals surface area contributed by atoms with Crippen molar-refractivity contribution in [3.8, 4) is 11.3 Å². The van der Waals surface area contributed by atoms with Gasteiger partial charge in [-0.1, -0.05) is 0 Å². The molecule has 0 fully saturated rings. The third-order valence-corrected chi connectivity index (χ3v) is 2.76. The molecule has 2 heterocycles. The second-order valence-electron chi connectivity index (χ2n) is 2.81. The maximum absolute atomic E-state index is 10.5. The third-order valence-electron chi connectivity index (χ3n) is 1.87. The molecule has 0 spiro atoms. The summed E-state index contributed by atoms with van der Waals surface area (Å²) in [5, 5.41) is 0.523. The number of aryl methyl sites for hydroxylation is 1. The molecule has 2 aromatic rings. The van der Waals surface area contributed by atoms with Crippen molar-refractivity contribution in [3.63, 3.8) is 0 Å². The van der Waals surface area contributed by atoms with Crippen LogP contribution in [0.2, 0.25) is 0 Å². The quantitative estimate of drug-likeness (QED) is 0.705. The van der Waals surface area contributed by atoms with Gasteiger partial charge in [-0.2, -0.15) is 0 Å². The van der Waals surface area contributed by atoms with Crippen LogP contribution in [0.15, 0.2) is 24.5 Å². The highest BCUT2D eigenvalue weighted by molar-refractivity contribution is 7.13. The van der Waals surface area contributed by atoms with Crippen molar-refractivity contribution in [1.29, 1.82) is 0 Å². The Morgan fingerprint density at radius 2 is 2.07 bits per heavy atom. The fraction of sp³-hybridized carbons (Fsp3) is 0.100. The molecular formula is C10H8N2OS. The lowest BCUT2D eigenvalue weighted by Crippen LogP contribution is -1.82. The van der Waals surface area contributed by atoms with E-state index in [0.717, 1.165) is 22.4 Å². The van der Waals surface area contributed by atoms with Gasteiger partial charge in [0.25, 0.3) is 0 Å². The lowest BCUT2D eigenvalue weighted by Gasteiger charge is -1.95. The van der Waals surface area contributed by atoms with E-state index < -0.39 is 0 Å². The second kappa shape index (κ2) is 3.67. The lowest BCUT2D eigenvalue weighted by molar-refractivity contribution is 0.112. The van der Waals surface area contributed by atoms with Gasteiger partial charge in [-0.3, -0.25) is 9.78 Å². The van der Waals surface area contributed by atoms with Gasteiger partial charge >= 0.3 is 0 Å². The van der Waals surface area contributed by atoms with E-state index in [9.17, 15) is 4.79 Å². The zero-order chi connectivity index (χ0) is 9.97. The molecule has 2 rings (SSSR count). The Morgan fingerprint density at radius 1 is 1.36 bits per heavy atom. The molecule has 70 valence electrons. The number of thiazole rings is 1. The summed E-state index contributed by atoms with van der Waals surface area (Å²) >= 11 is 1.41. The SMILES string of the molecule is Cc1sc(C=O)nc1-c1ccncc1. The number of aromatic nitrogens is 2. The van der Waals surface area contributed by atoms with Gasteiger partial charge in [0.15, 0.2) is 11.3 Å².